The van der Waals surface area contributed by atoms with Gasteiger partial charge in [0.1, 0.15) is 12.0 Å². The van der Waals surface area contributed by atoms with Crippen molar-refractivity contribution in [2.75, 3.05) is 14.1 Å². The van der Waals surface area contributed by atoms with E-state index >= 15 is 0 Å². The number of halogens is 1. The van der Waals surface area contributed by atoms with Gasteiger partial charge in [-0.3, -0.25) is 0 Å². The van der Waals surface area contributed by atoms with Crippen molar-refractivity contribution in [1.29, 1.82) is 0 Å². The number of guanidine groups is 1. The molecule has 6 heteroatoms. The summed E-state index contributed by atoms with van der Waals surface area (Å²) in [7, 11) is 3.92. The first-order valence-corrected chi connectivity index (χ1v) is 6.14. The molecule has 1 N–H and O–H groups in total. The molecule has 20 heavy (non-hydrogen) atoms. The number of nitrogens with one attached hydrogen (secondary N) is 1. The van der Waals surface area contributed by atoms with E-state index in [4.69, 9.17) is 4.52 Å². The van der Waals surface area contributed by atoms with Crippen molar-refractivity contribution in [3.05, 3.63) is 53.9 Å². The van der Waals surface area contributed by atoms with Crippen LogP contribution in [-0.4, -0.2) is 30.1 Å². The highest BCUT2D eigenvalue weighted by atomic mass is 127. The maximum Gasteiger partial charge on any atom is 0.194 e. The zero-order valence-corrected chi connectivity index (χ0v) is 13.9. The fraction of sp³-hybridized carbons (Fsp3) is 0.286. The predicted octanol–water partition coefficient (Wildman–Crippen LogP) is 2.50. The summed E-state index contributed by atoms with van der Waals surface area (Å²) >= 11 is 0. The van der Waals surface area contributed by atoms with Crippen LogP contribution in [0.15, 0.2) is 52.2 Å². The second-order valence-corrected chi connectivity index (χ2v) is 4.36. The number of hydrogen-bond acceptors (Lipinski definition) is 3. The third kappa shape index (κ3) is 5.20. The lowest BCUT2D eigenvalue weighted by Crippen LogP contribution is -2.36. The number of aliphatic imine (C=N–C) groups is 1. The first-order chi connectivity index (χ1) is 9.25. The van der Waals surface area contributed by atoms with E-state index in [1.165, 1.54) is 5.56 Å². The summed E-state index contributed by atoms with van der Waals surface area (Å²) in [4.78, 5) is 6.51. The van der Waals surface area contributed by atoms with Gasteiger partial charge in [-0.15, -0.1) is 24.0 Å². The van der Waals surface area contributed by atoms with Crippen LogP contribution < -0.4 is 5.32 Å². The predicted molar refractivity (Wildman–Crippen MR) is 90.0 cm³/mol. The molecule has 5 nitrogen and oxygen atoms in total. The van der Waals surface area contributed by atoms with Crippen LogP contribution in [0.2, 0.25) is 0 Å². The molecule has 1 heterocycles. The van der Waals surface area contributed by atoms with Gasteiger partial charge in [0.2, 0.25) is 0 Å². The third-order valence-electron chi connectivity index (χ3n) is 2.60. The van der Waals surface area contributed by atoms with Crippen molar-refractivity contribution >= 4 is 29.9 Å². The number of aromatic nitrogens is 1. The molecule has 0 amide bonds. The Labute approximate surface area is 136 Å². The van der Waals surface area contributed by atoms with Crippen LogP contribution in [0, 0.1) is 0 Å². The highest BCUT2D eigenvalue weighted by Crippen LogP contribution is 2.01. The molecule has 0 fully saturated rings. The topological polar surface area (TPSA) is 53.7 Å². The second-order valence-electron chi connectivity index (χ2n) is 4.36. The average molecular weight is 386 g/mol. The molecule has 0 aliphatic carbocycles. The van der Waals surface area contributed by atoms with Crippen LogP contribution >= 0.6 is 24.0 Å². The molecule has 0 unspecified atom stereocenters. The average Bonchev–Trinajstić information content (AvgIpc) is 2.92. The number of hydrogen-bond donors (Lipinski definition) is 1. The van der Waals surface area contributed by atoms with E-state index in [-0.39, 0.29) is 24.0 Å². The van der Waals surface area contributed by atoms with Crippen LogP contribution in [0.4, 0.5) is 0 Å². The first-order valence-electron chi connectivity index (χ1n) is 6.14. The first kappa shape index (κ1) is 16.5. The van der Waals surface area contributed by atoms with Gasteiger partial charge in [0.15, 0.2) is 5.96 Å². The second kappa shape index (κ2) is 8.57. The SMILES string of the molecule is CN(C)C(=NCc1ccccc1)NCc1ccon1.I. The lowest BCUT2D eigenvalue weighted by atomic mass is 10.2. The van der Waals surface area contributed by atoms with E-state index < -0.39 is 0 Å². The van der Waals surface area contributed by atoms with Crippen molar-refractivity contribution in [2.24, 2.45) is 4.99 Å². The summed E-state index contributed by atoms with van der Waals surface area (Å²) in [6.07, 6.45) is 1.56. The number of nitrogens with zero attached hydrogens (tertiary/aromatic N) is 3. The van der Waals surface area contributed by atoms with Gasteiger partial charge in [0.05, 0.1) is 13.1 Å². The highest BCUT2D eigenvalue weighted by Gasteiger charge is 2.03. The number of benzene rings is 1. The monoisotopic (exact) mass is 386 g/mol. The van der Waals surface area contributed by atoms with Crippen LogP contribution in [0.25, 0.3) is 0 Å². The van der Waals surface area contributed by atoms with Crippen LogP contribution in [0.5, 0.6) is 0 Å². The maximum absolute atomic E-state index is 4.79. The van der Waals surface area contributed by atoms with Gasteiger partial charge >= 0.3 is 0 Å². The van der Waals surface area contributed by atoms with Gasteiger partial charge in [0.25, 0.3) is 0 Å². The summed E-state index contributed by atoms with van der Waals surface area (Å²) < 4.78 is 4.79. The zero-order valence-electron chi connectivity index (χ0n) is 11.6. The van der Waals surface area contributed by atoms with Crippen molar-refractivity contribution in [3.8, 4) is 0 Å². The third-order valence-corrected chi connectivity index (χ3v) is 2.60. The smallest absolute Gasteiger partial charge is 0.194 e. The standard InChI is InChI=1S/C14H18N4O.HI/c1-18(2)14(16-11-13-8-9-19-17-13)15-10-12-6-4-3-5-7-12;/h3-9H,10-11H2,1-2H3,(H,15,16);1H. The van der Waals surface area contributed by atoms with Crippen molar-refractivity contribution in [2.45, 2.75) is 13.1 Å². The molecule has 0 aliphatic heterocycles. The summed E-state index contributed by atoms with van der Waals surface area (Å²) in [5.74, 6) is 0.826. The summed E-state index contributed by atoms with van der Waals surface area (Å²) in [6.45, 7) is 1.25. The molecule has 2 aromatic rings. The molecule has 1 aromatic heterocycles. The Morgan fingerprint density at radius 2 is 2.00 bits per heavy atom. The Kier molecular flexibility index (Phi) is 7.06. The van der Waals surface area contributed by atoms with Crippen LogP contribution in [0.1, 0.15) is 11.3 Å². The van der Waals surface area contributed by atoms with Gasteiger partial charge < -0.3 is 14.7 Å². The minimum Gasteiger partial charge on any atom is -0.364 e. The largest absolute Gasteiger partial charge is 0.364 e. The fourth-order valence-corrected chi connectivity index (χ4v) is 1.60. The normalized spacial score (nSPS) is 10.8. The van der Waals surface area contributed by atoms with E-state index in [0.29, 0.717) is 13.1 Å². The minimum absolute atomic E-state index is 0. The quantitative estimate of drug-likeness (QED) is 0.499. The fourth-order valence-electron chi connectivity index (χ4n) is 1.60. The molecular formula is C14H19IN4O. The molecule has 1 aromatic carbocycles. The Morgan fingerprint density at radius 1 is 1.25 bits per heavy atom. The van der Waals surface area contributed by atoms with Crippen LogP contribution in [-0.2, 0) is 13.1 Å². The Hall–Kier alpha value is -1.57. The van der Waals surface area contributed by atoms with E-state index in [2.05, 4.69) is 27.6 Å². The Morgan fingerprint density at radius 3 is 2.60 bits per heavy atom. The van der Waals surface area contributed by atoms with E-state index in [1.54, 1.807) is 6.26 Å². The molecule has 108 valence electrons. The molecular weight excluding hydrogens is 367 g/mol. The molecule has 0 aliphatic rings. The van der Waals surface area contributed by atoms with E-state index in [1.807, 2.05) is 43.3 Å². The van der Waals surface area contributed by atoms with Gasteiger partial charge in [-0.2, -0.15) is 0 Å². The minimum atomic E-state index is 0. The molecule has 0 saturated heterocycles. The zero-order chi connectivity index (χ0) is 13.5. The summed E-state index contributed by atoms with van der Waals surface area (Å²) in [6, 6.07) is 12.0. The molecule has 0 radical (unpaired) electrons. The van der Waals surface area contributed by atoms with Crippen molar-refractivity contribution in [1.82, 2.24) is 15.4 Å². The lowest BCUT2D eigenvalue weighted by molar-refractivity contribution is 0.410. The Bertz CT molecular complexity index is 511. The molecule has 0 spiro atoms. The molecule has 0 atom stereocenters. The summed E-state index contributed by atoms with van der Waals surface area (Å²) in [5.41, 5.74) is 2.04. The van der Waals surface area contributed by atoms with Gasteiger partial charge in [0, 0.05) is 20.2 Å². The molecule has 0 saturated carbocycles. The van der Waals surface area contributed by atoms with Gasteiger partial charge in [-0.1, -0.05) is 35.5 Å². The summed E-state index contributed by atoms with van der Waals surface area (Å²) in [5, 5.41) is 7.10. The molecule has 2 rings (SSSR count). The highest BCUT2D eigenvalue weighted by molar-refractivity contribution is 14.0. The van der Waals surface area contributed by atoms with Gasteiger partial charge in [-0.05, 0) is 5.56 Å². The van der Waals surface area contributed by atoms with Crippen LogP contribution in [0.3, 0.4) is 0 Å². The van der Waals surface area contributed by atoms with Gasteiger partial charge in [-0.25, -0.2) is 4.99 Å². The van der Waals surface area contributed by atoms with Crippen molar-refractivity contribution in [3.63, 3.8) is 0 Å². The van der Waals surface area contributed by atoms with Crippen molar-refractivity contribution < 1.29 is 4.52 Å². The maximum atomic E-state index is 4.79. The van der Waals surface area contributed by atoms with E-state index in [0.717, 1.165) is 11.7 Å². The van der Waals surface area contributed by atoms with E-state index in [9.17, 15) is 0 Å². The lowest BCUT2D eigenvalue weighted by Gasteiger charge is -2.16. The Balaban J connectivity index is 0.00000200. The molecule has 0 bridgehead atoms. The number of rotatable bonds is 4.